The van der Waals surface area contributed by atoms with Gasteiger partial charge in [0.1, 0.15) is 17.5 Å². The Labute approximate surface area is 133 Å². The SMILES string of the molecule is Cc1nsc(N2CCC(COc3ncccc3C#N)CC2)n1. The smallest absolute Gasteiger partial charge is 0.231 e. The number of hydrogen-bond acceptors (Lipinski definition) is 7. The van der Waals surface area contributed by atoms with Crippen LogP contribution in [-0.4, -0.2) is 34.0 Å². The Balaban J connectivity index is 1.51. The first-order valence-corrected chi connectivity index (χ1v) is 8.07. The van der Waals surface area contributed by atoms with Crippen molar-refractivity contribution in [2.24, 2.45) is 5.92 Å². The van der Waals surface area contributed by atoms with Crippen molar-refractivity contribution in [2.45, 2.75) is 19.8 Å². The third-order valence-electron chi connectivity index (χ3n) is 3.75. The van der Waals surface area contributed by atoms with Crippen molar-refractivity contribution < 1.29 is 4.74 Å². The molecule has 6 nitrogen and oxygen atoms in total. The summed E-state index contributed by atoms with van der Waals surface area (Å²) < 4.78 is 9.97. The van der Waals surface area contributed by atoms with E-state index in [1.807, 2.05) is 6.92 Å². The predicted octanol–water partition coefficient (Wildman–Crippen LogP) is 2.41. The predicted molar refractivity (Wildman–Crippen MR) is 84.0 cm³/mol. The molecule has 114 valence electrons. The molecular weight excluding hydrogens is 298 g/mol. The minimum atomic E-state index is 0.437. The summed E-state index contributed by atoms with van der Waals surface area (Å²) in [5, 5.41) is 10.0. The highest BCUT2D eigenvalue weighted by atomic mass is 32.1. The monoisotopic (exact) mass is 315 g/mol. The van der Waals surface area contributed by atoms with Gasteiger partial charge in [0.15, 0.2) is 0 Å². The van der Waals surface area contributed by atoms with E-state index in [1.54, 1.807) is 18.3 Å². The molecule has 0 unspecified atom stereocenters. The van der Waals surface area contributed by atoms with Gasteiger partial charge in [0.05, 0.1) is 6.61 Å². The molecule has 3 rings (SSSR count). The zero-order chi connectivity index (χ0) is 15.4. The Morgan fingerprint density at radius 3 is 2.95 bits per heavy atom. The molecule has 2 aromatic heterocycles. The van der Waals surface area contributed by atoms with Gasteiger partial charge in [-0.1, -0.05) is 0 Å². The Morgan fingerprint density at radius 1 is 1.45 bits per heavy atom. The molecule has 0 atom stereocenters. The number of nitriles is 1. The van der Waals surface area contributed by atoms with Crippen LogP contribution in [0.1, 0.15) is 24.2 Å². The first-order chi connectivity index (χ1) is 10.8. The van der Waals surface area contributed by atoms with Crippen LogP contribution in [-0.2, 0) is 0 Å². The average Bonchev–Trinajstić information content (AvgIpc) is 3.00. The maximum absolute atomic E-state index is 9.03. The van der Waals surface area contributed by atoms with E-state index in [2.05, 4.69) is 25.3 Å². The molecule has 0 N–H and O–H groups in total. The van der Waals surface area contributed by atoms with Crippen molar-refractivity contribution >= 4 is 16.7 Å². The summed E-state index contributed by atoms with van der Waals surface area (Å²) in [6.45, 7) is 4.46. The molecule has 0 radical (unpaired) electrons. The maximum Gasteiger partial charge on any atom is 0.231 e. The molecular formula is C15H17N5OS. The van der Waals surface area contributed by atoms with Gasteiger partial charge in [0, 0.05) is 30.8 Å². The molecule has 22 heavy (non-hydrogen) atoms. The van der Waals surface area contributed by atoms with E-state index in [9.17, 15) is 0 Å². The minimum absolute atomic E-state index is 0.437. The number of nitrogens with zero attached hydrogens (tertiary/aromatic N) is 5. The molecule has 1 saturated heterocycles. The second-order valence-electron chi connectivity index (χ2n) is 5.33. The molecule has 1 fully saturated rings. The number of aryl methyl sites for hydroxylation is 1. The summed E-state index contributed by atoms with van der Waals surface area (Å²) >= 11 is 1.46. The van der Waals surface area contributed by atoms with Gasteiger partial charge < -0.3 is 9.64 Å². The van der Waals surface area contributed by atoms with Gasteiger partial charge in [-0.25, -0.2) is 9.97 Å². The first kappa shape index (κ1) is 14.7. The normalized spacial score (nSPS) is 15.5. The topological polar surface area (TPSA) is 74.9 Å². The molecule has 7 heteroatoms. The number of piperidine rings is 1. The van der Waals surface area contributed by atoms with Gasteiger partial charge in [-0.2, -0.15) is 9.64 Å². The summed E-state index contributed by atoms with van der Waals surface area (Å²) in [5.74, 6) is 1.76. The van der Waals surface area contributed by atoms with Gasteiger partial charge in [-0.3, -0.25) is 0 Å². The van der Waals surface area contributed by atoms with Gasteiger partial charge in [-0.15, -0.1) is 0 Å². The van der Waals surface area contributed by atoms with Crippen molar-refractivity contribution in [1.82, 2.24) is 14.3 Å². The summed E-state index contributed by atoms with van der Waals surface area (Å²) in [5.41, 5.74) is 0.490. The molecule has 0 bridgehead atoms. The fourth-order valence-electron chi connectivity index (χ4n) is 2.49. The summed E-state index contributed by atoms with van der Waals surface area (Å²) in [7, 11) is 0. The standard InChI is InChI=1S/C15H17N5OS/c1-11-18-15(22-19-11)20-7-4-12(5-8-20)10-21-14-13(9-16)3-2-6-17-14/h2-3,6,12H,4-5,7-8,10H2,1H3. The lowest BCUT2D eigenvalue weighted by atomic mass is 9.98. The Bertz CT molecular complexity index is 673. The highest BCUT2D eigenvalue weighted by Crippen LogP contribution is 2.25. The van der Waals surface area contributed by atoms with Crippen molar-refractivity contribution in [3.05, 3.63) is 29.7 Å². The van der Waals surface area contributed by atoms with Gasteiger partial charge >= 0.3 is 0 Å². The number of anilines is 1. The van der Waals surface area contributed by atoms with Crippen LogP contribution in [0.2, 0.25) is 0 Å². The molecule has 0 spiro atoms. The van der Waals surface area contributed by atoms with Crippen LogP contribution in [0.15, 0.2) is 18.3 Å². The van der Waals surface area contributed by atoms with E-state index >= 15 is 0 Å². The summed E-state index contributed by atoms with van der Waals surface area (Å²) in [6.07, 6.45) is 3.75. The molecule has 1 aliphatic heterocycles. The summed E-state index contributed by atoms with van der Waals surface area (Å²) in [6, 6.07) is 5.57. The largest absolute Gasteiger partial charge is 0.476 e. The van der Waals surface area contributed by atoms with Crippen molar-refractivity contribution in [2.75, 3.05) is 24.6 Å². The van der Waals surface area contributed by atoms with Gasteiger partial charge in [-0.05, 0) is 37.8 Å². The zero-order valence-corrected chi connectivity index (χ0v) is 13.2. The molecule has 2 aromatic rings. The Kier molecular flexibility index (Phi) is 4.49. The molecule has 0 saturated carbocycles. The van der Waals surface area contributed by atoms with Crippen LogP contribution >= 0.6 is 11.5 Å². The van der Waals surface area contributed by atoms with E-state index in [0.717, 1.165) is 36.9 Å². The van der Waals surface area contributed by atoms with E-state index < -0.39 is 0 Å². The van der Waals surface area contributed by atoms with E-state index in [4.69, 9.17) is 10.00 Å². The van der Waals surface area contributed by atoms with Crippen LogP contribution in [0.25, 0.3) is 0 Å². The highest BCUT2D eigenvalue weighted by Gasteiger charge is 2.22. The van der Waals surface area contributed by atoms with Crippen LogP contribution in [0, 0.1) is 24.2 Å². The number of hydrogen-bond donors (Lipinski definition) is 0. The highest BCUT2D eigenvalue weighted by molar-refractivity contribution is 7.09. The van der Waals surface area contributed by atoms with Crippen molar-refractivity contribution in [1.29, 1.82) is 5.26 Å². The van der Waals surface area contributed by atoms with E-state index in [0.29, 0.717) is 24.0 Å². The Hall–Kier alpha value is -2.20. The molecule has 0 aromatic carbocycles. The molecule has 0 amide bonds. The third kappa shape index (κ3) is 3.34. The van der Waals surface area contributed by atoms with Crippen molar-refractivity contribution in [3.8, 4) is 11.9 Å². The zero-order valence-electron chi connectivity index (χ0n) is 12.4. The number of pyridine rings is 1. The molecule has 3 heterocycles. The number of aromatic nitrogens is 3. The quantitative estimate of drug-likeness (QED) is 0.862. The fraction of sp³-hybridized carbons (Fsp3) is 0.467. The van der Waals surface area contributed by atoms with Gasteiger partial charge in [0.25, 0.3) is 0 Å². The second-order valence-corrected chi connectivity index (χ2v) is 6.06. The van der Waals surface area contributed by atoms with E-state index in [1.165, 1.54) is 11.5 Å². The number of ether oxygens (including phenoxy) is 1. The second kappa shape index (κ2) is 6.71. The Morgan fingerprint density at radius 2 is 2.27 bits per heavy atom. The van der Waals surface area contributed by atoms with Crippen LogP contribution in [0.4, 0.5) is 5.13 Å². The lowest BCUT2D eigenvalue weighted by molar-refractivity contribution is 0.215. The third-order valence-corrected chi connectivity index (χ3v) is 4.62. The minimum Gasteiger partial charge on any atom is -0.476 e. The molecule has 1 aliphatic rings. The summed E-state index contributed by atoms with van der Waals surface area (Å²) in [4.78, 5) is 10.8. The number of rotatable bonds is 4. The average molecular weight is 315 g/mol. The van der Waals surface area contributed by atoms with Crippen LogP contribution in [0.3, 0.4) is 0 Å². The fourth-order valence-corrected chi connectivity index (χ4v) is 3.22. The molecule has 0 aliphatic carbocycles. The van der Waals surface area contributed by atoms with Crippen molar-refractivity contribution in [3.63, 3.8) is 0 Å². The lowest BCUT2D eigenvalue weighted by Gasteiger charge is -2.31. The first-order valence-electron chi connectivity index (χ1n) is 7.29. The van der Waals surface area contributed by atoms with Gasteiger partial charge in [0.2, 0.25) is 11.0 Å². The van der Waals surface area contributed by atoms with Crippen LogP contribution in [0.5, 0.6) is 5.88 Å². The maximum atomic E-state index is 9.03. The van der Waals surface area contributed by atoms with E-state index in [-0.39, 0.29) is 0 Å². The van der Waals surface area contributed by atoms with Crippen LogP contribution < -0.4 is 9.64 Å². The lowest BCUT2D eigenvalue weighted by Crippen LogP contribution is -2.35.